The number of piperidine rings is 1. The molecular weight excluding hydrogens is 274 g/mol. The van der Waals surface area contributed by atoms with E-state index in [1.807, 2.05) is 67.7 Å². The normalized spacial score (nSPS) is 25.8. The van der Waals surface area contributed by atoms with Gasteiger partial charge in [-0.05, 0) is 19.0 Å². The molecule has 3 heteroatoms. The molecule has 1 heterocycles. The molecule has 1 aliphatic heterocycles. The molecule has 0 amide bonds. The maximum Gasteiger partial charge on any atom is 0.170 e. The highest BCUT2D eigenvalue weighted by atomic mass is 16.3. The minimum absolute atomic E-state index is 0.0125. The standard InChI is InChI=1S/C19H21NO2/c1-20-13-12-19(22,16-10-6-3-7-11-16)17(14-20)18(21)15-8-4-2-5-9-15/h2-11,17,22H,12-14H2,1H3/t17-,19+/m0/s1. The van der Waals surface area contributed by atoms with Crippen LogP contribution in [0.4, 0.5) is 0 Å². The summed E-state index contributed by atoms with van der Waals surface area (Å²) in [5.74, 6) is -0.436. The number of rotatable bonds is 3. The first-order valence-electron chi connectivity index (χ1n) is 7.67. The van der Waals surface area contributed by atoms with E-state index < -0.39 is 11.5 Å². The Kier molecular flexibility index (Phi) is 4.10. The Morgan fingerprint density at radius 3 is 2.32 bits per heavy atom. The summed E-state index contributed by atoms with van der Waals surface area (Å²) in [5.41, 5.74) is 0.398. The van der Waals surface area contributed by atoms with Gasteiger partial charge in [-0.15, -0.1) is 0 Å². The third kappa shape index (κ3) is 2.70. The van der Waals surface area contributed by atoms with Gasteiger partial charge >= 0.3 is 0 Å². The van der Waals surface area contributed by atoms with Gasteiger partial charge in [0, 0.05) is 18.7 Å². The van der Waals surface area contributed by atoms with Crippen molar-refractivity contribution in [2.24, 2.45) is 5.92 Å². The highest BCUT2D eigenvalue weighted by Gasteiger charge is 2.45. The van der Waals surface area contributed by atoms with Crippen molar-refractivity contribution in [2.75, 3.05) is 20.1 Å². The molecule has 0 radical (unpaired) electrons. The van der Waals surface area contributed by atoms with Crippen molar-refractivity contribution in [2.45, 2.75) is 12.0 Å². The van der Waals surface area contributed by atoms with Crippen LogP contribution in [-0.2, 0) is 5.60 Å². The molecule has 1 aliphatic rings. The molecule has 2 atom stereocenters. The fourth-order valence-electron chi connectivity index (χ4n) is 3.27. The van der Waals surface area contributed by atoms with Crippen LogP contribution < -0.4 is 0 Å². The van der Waals surface area contributed by atoms with Crippen molar-refractivity contribution in [1.29, 1.82) is 0 Å². The number of carbonyl (C=O) groups excluding carboxylic acids is 1. The van der Waals surface area contributed by atoms with Crippen LogP contribution in [0.5, 0.6) is 0 Å². The number of aliphatic hydroxyl groups is 1. The lowest BCUT2D eigenvalue weighted by Gasteiger charge is -2.43. The lowest BCUT2D eigenvalue weighted by molar-refractivity contribution is -0.0594. The van der Waals surface area contributed by atoms with Crippen LogP contribution in [0, 0.1) is 5.92 Å². The summed E-state index contributed by atoms with van der Waals surface area (Å²) < 4.78 is 0. The number of hydrogen-bond donors (Lipinski definition) is 1. The molecule has 0 bridgehead atoms. The molecule has 0 aromatic heterocycles. The van der Waals surface area contributed by atoms with Gasteiger partial charge in [-0.2, -0.15) is 0 Å². The fourth-order valence-corrected chi connectivity index (χ4v) is 3.27. The van der Waals surface area contributed by atoms with Gasteiger partial charge in [0.2, 0.25) is 0 Å². The average Bonchev–Trinajstić information content (AvgIpc) is 2.58. The highest BCUT2D eigenvalue weighted by molar-refractivity contribution is 5.98. The molecule has 1 N–H and O–H groups in total. The van der Waals surface area contributed by atoms with Crippen LogP contribution >= 0.6 is 0 Å². The molecule has 0 aliphatic carbocycles. The van der Waals surface area contributed by atoms with Crippen molar-refractivity contribution >= 4 is 5.78 Å². The summed E-state index contributed by atoms with van der Waals surface area (Å²) in [6.07, 6.45) is 0.566. The number of nitrogens with zero attached hydrogens (tertiary/aromatic N) is 1. The summed E-state index contributed by atoms with van der Waals surface area (Å²) in [6.45, 7) is 1.35. The Morgan fingerprint density at radius 2 is 1.68 bits per heavy atom. The van der Waals surface area contributed by atoms with Gasteiger partial charge in [-0.1, -0.05) is 60.7 Å². The number of carbonyl (C=O) groups is 1. The minimum Gasteiger partial charge on any atom is -0.384 e. The lowest BCUT2D eigenvalue weighted by Crippen LogP contribution is -2.52. The molecule has 22 heavy (non-hydrogen) atoms. The van der Waals surface area contributed by atoms with E-state index in [4.69, 9.17) is 0 Å². The summed E-state index contributed by atoms with van der Waals surface area (Å²) in [6, 6.07) is 18.8. The molecule has 1 saturated heterocycles. The van der Waals surface area contributed by atoms with Gasteiger partial charge in [0.1, 0.15) is 5.60 Å². The van der Waals surface area contributed by atoms with Gasteiger partial charge in [0.05, 0.1) is 5.92 Å². The smallest absolute Gasteiger partial charge is 0.170 e. The molecule has 0 spiro atoms. The molecule has 0 saturated carbocycles. The summed E-state index contributed by atoms with van der Waals surface area (Å²) >= 11 is 0. The Bertz CT molecular complexity index is 641. The van der Waals surface area contributed by atoms with Crippen LogP contribution in [0.25, 0.3) is 0 Å². The predicted octanol–water partition coefficient (Wildman–Crippen LogP) is 2.71. The van der Waals surface area contributed by atoms with Crippen molar-refractivity contribution in [3.63, 3.8) is 0 Å². The van der Waals surface area contributed by atoms with Crippen LogP contribution in [0.3, 0.4) is 0 Å². The predicted molar refractivity (Wildman–Crippen MR) is 86.7 cm³/mol. The molecule has 3 rings (SSSR count). The molecule has 3 nitrogen and oxygen atoms in total. The van der Waals surface area contributed by atoms with Gasteiger partial charge in [0.25, 0.3) is 0 Å². The Hall–Kier alpha value is -1.97. The fraction of sp³-hybridized carbons (Fsp3) is 0.316. The largest absolute Gasteiger partial charge is 0.384 e. The first kappa shape index (κ1) is 14.9. The van der Waals surface area contributed by atoms with Gasteiger partial charge in [-0.3, -0.25) is 4.79 Å². The quantitative estimate of drug-likeness (QED) is 0.885. The summed E-state index contributed by atoms with van der Waals surface area (Å²) in [5, 5.41) is 11.3. The van der Waals surface area contributed by atoms with Crippen LogP contribution in [0.1, 0.15) is 22.3 Å². The monoisotopic (exact) mass is 295 g/mol. The highest BCUT2D eigenvalue weighted by Crippen LogP contribution is 2.38. The van der Waals surface area contributed by atoms with E-state index in [2.05, 4.69) is 4.90 Å². The van der Waals surface area contributed by atoms with Gasteiger partial charge in [0.15, 0.2) is 5.78 Å². The zero-order valence-electron chi connectivity index (χ0n) is 12.8. The number of benzene rings is 2. The molecular formula is C19H21NO2. The second-order valence-electron chi connectivity index (χ2n) is 6.09. The van der Waals surface area contributed by atoms with Crippen LogP contribution in [0.15, 0.2) is 60.7 Å². The number of ketones is 1. The van der Waals surface area contributed by atoms with E-state index >= 15 is 0 Å². The zero-order chi connectivity index (χ0) is 15.6. The van der Waals surface area contributed by atoms with Crippen LogP contribution in [0.2, 0.25) is 0 Å². The molecule has 1 fully saturated rings. The molecule has 2 aromatic carbocycles. The number of Topliss-reactive ketones (excluding diaryl/α,β-unsaturated/α-hetero) is 1. The van der Waals surface area contributed by atoms with E-state index in [1.165, 1.54) is 0 Å². The van der Waals surface area contributed by atoms with Crippen molar-refractivity contribution in [1.82, 2.24) is 4.90 Å². The topological polar surface area (TPSA) is 40.5 Å². The maximum absolute atomic E-state index is 12.9. The lowest BCUT2D eigenvalue weighted by atomic mass is 9.73. The first-order valence-corrected chi connectivity index (χ1v) is 7.67. The minimum atomic E-state index is -1.10. The van der Waals surface area contributed by atoms with Crippen molar-refractivity contribution in [3.05, 3.63) is 71.8 Å². The third-order valence-corrected chi connectivity index (χ3v) is 4.59. The second-order valence-corrected chi connectivity index (χ2v) is 6.09. The number of likely N-dealkylation sites (tertiary alicyclic amines) is 1. The summed E-state index contributed by atoms with van der Waals surface area (Å²) in [7, 11) is 2.00. The Labute approximate surface area is 131 Å². The van der Waals surface area contributed by atoms with Crippen LogP contribution in [-0.4, -0.2) is 35.9 Å². The first-order chi connectivity index (χ1) is 10.6. The Morgan fingerprint density at radius 1 is 1.09 bits per heavy atom. The van der Waals surface area contributed by atoms with Crippen molar-refractivity contribution in [3.8, 4) is 0 Å². The van der Waals surface area contributed by atoms with Crippen molar-refractivity contribution < 1.29 is 9.90 Å². The third-order valence-electron chi connectivity index (χ3n) is 4.59. The summed E-state index contributed by atoms with van der Waals surface area (Å²) in [4.78, 5) is 15.1. The zero-order valence-corrected chi connectivity index (χ0v) is 12.8. The van der Waals surface area contributed by atoms with E-state index in [0.717, 1.165) is 12.1 Å². The Balaban J connectivity index is 1.99. The molecule has 0 unspecified atom stereocenters. The average molecular weight is 295 g/mol. The number of hydrogen-bond acceptors (Lipinski definition) is 3. The van der Waals surface area contributed by atoms with Gasteiger partial charge < -0.3 is 10.0 Å². The van der Waals surface area contributed by atoms with E-state index in [1.54, 1.807) is 0 Å². The SMILES string of the molecule is CN1CC[C@@](O)(c2ccccc2)[C@H](C(=O)c2ccccc2)C1. The van der Waals surface area contributed by atoms with E-state index in [-0.39, 0.29) is 5.78 Å². The molecule has 2 aromatic rings. The molecule has 114 valence electrons. The maximum atomic E-state index is 12.9. The van der Waals surface area contributed by atoms with E-state index in [9.17, 15) is 9.90 Å². The van der Waals surface area contributed by atoms with E-state index in [0.29, 0.717) is 18.5 Å². The second kappa shape index (κ2) is 6.03. The van der Waals surface area contributed by atoms with Gasteiger partial charge in [-0.25, -0.2) is 0 Å².